The molecule has 126 valence electrons. The van der Waals surface area contributed by atoms with Crippen molar-refractivity contribution in [1.29, 1.82) is 0 Å². The molecular formula is C15H10ClF3N2O3. The van der Waals surface area contributed by atoms with E-state index < -0.39 is 22.4 Å². The molecule has 0 aliphatic carbocycles. The molecule has 0 saturated heterocycles. The minimum Gasteiger partial charge on any atom is -0.372 e. The van der Waals surface area contributed by atoms with Crippen LogP contribution >= 0.6 is 11.6 Å². The highest BCUT2D eigenvalue weighted by molar-refractivity contribution is 6.30. The minimum absolute atomic E-state index is 0.171. The smallest absolute Gasteiger partial charge is 0.372 e. The second-order valence-electron chi connectivity index (χ2n) is 4.77. The van der Waals surface area contributed by atoms with Crippen LogP contribution in [-0.4, -0.2) is 17.3 Å². The molecule has 0 atom stereocenters. The molecule has 0 fully saturated rings. The molecule has 2 aromatic carbocycles. The van der Waals surface area contributed by atoms with E-state index in [1.807, 2.05) is 0 Å². The summed E-state index contributed by atoms with van der Waals surface area (Å²) in [5, 5.41) is 13.9. The summed E-state index contributed by atoms with van der Waals surface area (Å²) in [6.07, 6.45) is -4.69. The fourth-order valence-electron chi connectivity index (χ4n) is 1.92. The highest BCUT2D eigenvalue weighted by Crippen LogP contribution is 2.34. The summed E-state index contributed by atoms with van der Waals surface area (Å²) in [5.41, 5.74) is -1.74. The second kappa shape index (κ2) is 6.88. The Morgan fingerprint density at radius 1 is 1.17 bits per heavy atom. The zero-order valence-electron chi connectivity index (χ0n) is 11.9. The number of nitrogens with zero attached hydrogens (tertiary/aromatic N) is 1. The van der Waals surface area contributed by atoms with E-state index >= 15 is 0 Å². The Balaban J connectivity index is 2.18. The number of nitro groups is 1. The highest BCUT2D eigenvalue weighted by atomic mass is 35.5. The summed E-state index contributed by atoms with van der Waals surface area (Å²) in [4.78, 5) is 22.0. The molecule has 0 heterocycles. The molecule has 0 aliphatic rings. The number of carbonyl (C=O) groups is 1. The monoisotopic (exact) mass is 358 g/mol. The molecule has 0 aliphatic heterocycles. The third kappa shape index (κ3) is 4.23. The number of ketones is 1. The predicted octanol–water partition coefficient (Wildman–Crippen LogP) is 4.56. The summed E-state index contributed by atoms with van der Waals surface area (Å²) in [6.45, 7) is -0.312. The molecule has 0 aromatic heterocycles. The van der Waals surface area contributed by atoms with Crippen LogP contribution in [0.3, 0.4) is 0 Å². The maximum Gasteiger partial charge on any atom is 0.416 e. The van der Waals surface area contributed by atoms with Crippen molar-refractivity contribution in [2.24, 2.45) is 0 Å². The number of hydrogen-bond acceptors (Lipinski definition) is 4. The van der Waals surface area contributed by atoms with Crippen molar-refractivity contribution in [3.8, 4) is 0 Å². The molecule has 0 amide bonds. The van der Waals surface area contributed by atoms with Crippen LogP contribution in [-0.2, 0) is 6.18 Å². The molecule has 0 saturated carbocycles. The van der Waals surface area contributed by atoms with Gasteiger partial charge in [-0.1, -0.05) is 11.6 Å². The van der Waals surface area contributed by atoms with Gasteiger partial charge >= 0.3 is 6.18 Å². The zero-order chi connectivity index (χ0) is 17.9. The van der Waals surface area contributed by atoms with Crippen LogP contribution in [0.2, 0.25) is 5.02 Å². The van der Waals surface area contributed by atoms with Crippen LogP contribution in [0.15, 0.2) is 42.5 Å². The van der Waals surface area contributed by atoms with Crippen molar-refractivity contribution < 1.29 is 22.9 Å². The summed E-state index contributed by atoms with van der Waals surface area (Å²) in [6, 6.07) is 8.04. The predicted molar refractivity (Wildman–Crippen MR) is 82.4 cm³/mol. The largest absolute Gasteiger partial charge is 0.416 e. The van der Waals surface area contributed by atoms with Crippen molar-refractivity contribution in [3.05, 3.63) is 68.7 Å². The maximum absolute atomic E-state index is 12.6. The van der Waals surface area contributed by atoms with E-state index in [1.165, 1.54) is 24.3 Å². The van der Waals surface area contributed by atoms with Gasteiger partial charge in [0.2, 0.25) is 0 Å². The van der Waals surface area contributed by atoms with Gasteiger partial charge in [0.25, 0.3) is 5.69 Å². The molecule has 9 heteroatoms. The second-order valence-corrected chi connectivity index (χ2v) is 5.21. The third-order valence-electron chi connectivity index (χ3n) is 3.13. The quantitative estimate of drug-likeness (QED) is 0.483. The lowest BCUT2D eigenvalue weighted by Crippen LogP contribution is -2.15. The molecule has 24 heavy (non-hydrogen) atoms. The van der Waals surface area contributed by atoms with Crippen molar-refractivity contribution in [3.63, 3.8) is 0 Å². The molecule has 0 bridgehead atoms. The average Bonchev–Trinajstić information content (AvgIpc) is 2.52. The van der Waals surface area contributed by atoms with Crippen LogP contribution in [0.5, 0.6) is 0 Å². The Kier molecular flexibility index (Phi) is 5.08. The molecule has 0 unspecified atom stereocenters. The van der Waals surface area contributed by atoms with E-state index in [0.29, 0.717) is 22.7 Å². The van der Waals surface area contributed by atoms with Crippen LogP contribution in [0.1, 0.15) is 15.9 Å². The lowest BCUT2D eigenvalue weighted by atomic mass is 10.1. The van der Waals surface area contributed by atoms with E-state index in [0.717, 1.165) is 6.07 Å². The lowest BCUT2D eigenvalue weighted by molar-refractivity contribution is -0.384. The molecule has 1 N–H and O–H groups in total. The fourth-order valence-corrected chi connectivity index (χ4v) is 2.05. The number of nitro benzene ring substituents is 1. The summed E-state index contributed by atoms with van der Waals surface area (Å²) >= 11 is 5.70. The van der Waals surface area contributed by atoms with Crippen LogP contribution in [0, 0.1) is 10.1 Å². The zero-order valence-corrected chi connectivity index (χ0v) is 12.7. The number of Topliss-reactive ketones (excluding diaryl/α,β-unsaturated/α-hetero) is 1. The molecular weight excluding hydrogens is 349 g/mol. The van der Waals surface area contributed by atoms with E-state index in [-0.39, 0.29) is 18.0 Å². The van der Waals surface area contributed by atoms with Gasteiger partial charge in [0.05, 0.1) is 17.0 Å². The van der Waals surface area contributed by atoms with Gasteiger partial charge in [-0.3, -0.25) is 14.9 Å². The Morgan fingerprint density at radius 3 is 2.33 bits per heavy atom. The first-order chi connectivity index (χ1) is 11.2. The Labute approximate surface area is 139 Å². The first-order valence-corrected chi connectivity index (χ1v) is 6.94. The van der Waals surface area contributed by atoms with Gasteiger partial charge in [-0.15, -0.1) is 0 Å². The van der Waals surface area contributed by atoms with E-state index in [2.05, 4.69) is 5.32 Å². The number of halogens is 4. The first kappa shape index (κ1) is 17.7. The minimum atomic E-state index is -4.69. The Bertz CT molecular complexity index is 777. The van der Waals surface area contributed by atoms with Gasteiger partial charge in [-0.05, 0) is 36.4 Å². The van der Waals surface area contributed by atoms with Gasteiger partial charge in [0.15, 0.2) is 5.78 Å². The first-order valence-electron chi connectivity index (χ1n) is 6.57. The number of hydrogen-bond donors (Lipinski definition) is 1. The van der Waals surface area contributed by atoms with Crippen molar-refractivity contribution in [1.82, 2.24) is 0 Å². The van der Waals surface area contributed by atoms with E-state index in [9.17, 15) is 28.1 Å². The summed E-state index contributed by atoms with van der Waals surface area (Å²) in [5.74, 6) is -0.388. The Morgan fingerprint density at radius 2 is 1.79 bits per heavy atom. The normalized spacial score (nSPS) is 11.2. The van der Waals surface area contributed by atoms with Crippen molar-refractivity contribution >= 4 is 28.8 Å². The van der Waals surface area contributed by atoms with E-state index in [1.54, 1.807) is 0 Å². The summed E-state index contributed by atoms with van der Waals surface area (Å²) < 4.78 is 37.9. The average molecular weight is 359 g/mol. The summed E-state index contributed by atoms with van der Waals surface area (Å²) in [7, 11) is 0. The molecule has 0 radical (unpaired) electrons. The standard InChI is InChI=1S/C15H10ClF3N2O3/c16-11-4-1-9(2-5-11)14(22)8-20-12-6-3-10(15(17,18)19)7-13(12)21(23)24/h1-7,20H,8H2. The number of rotatable bonds is 5. The highest BCUT2D eigenvalue weighted by Gasteiger charge is 2.33. The number of nitrogens with one attached hydrogen (secondary N) is 1. The van der Waals surface area contributed by atoms with Crippen LogP contribution in [0.25, 0.3) is 0 Å². The number of benzene rings is 2. The molecule has 2 rings (SSSR count). The van der Waals surface area contributed by atoms with Gasteiger partial charge in [0.1, 0.15) is 5.69 Å². The third-order valence-corrected chi connectivity index (χ3v) is 3.38. The topological polar surface area (TPSA) is 72.2 Å². The van der Waals surface area contributed by atoms with Crippen LogP contribution in [0.4, 0.5) is 24.5 Å². The van der Waals surface area contributed by atoms with Gasteiger partial charge in [0, 0.05) is 16.7 Å². The van der Waals surface area contributed by atoms with Crippen molar-refractivity contribution in [2.75, 3.05) is 11.9 Å². The van der Waals surface area contributed by atoms with Gasteiger partial charge < -0.3 is 5.32 Å². The van der Waals surface area contributed by atoms with Crippen LogP contribution < -0.4 is 5.32 Å². The van der Waals surface area contributed by atoms with Crippen molar-refractivity contribution in [2.45, 2.75) is 6.18 Å². The van der Waals surface area contributed by atoms with Gasteiger partial charge in [-0.2, -0.15) is 13.2 Å². The number of anilines is 1. The molecule has 5 nitrogen and oxygen atoms in total. The molecule has 2 aromatic rings. The number of carbonyl (C=O) groups excluding carboxylic acids is 1. The Hall–Kier alpha value is -2.61. The SMILES string of the molecule is O=C(CNc1ccc(C(F)(F)F)cc1[N+](=O)[O-])c1ccc(Cl)cc1. The van der Waals surface area contributed by atoms with E-state index in [4.69, 9.17) is 11.6 Å². The lowest BCUT2D eigenvalue weighted by Gasteiger charge is -2.10. The number of alkyl halides is 3. The van der Waals surface area contributed by atoms with Gasteiger partial charge in [-0.25, -0.2) is 0 Å². The fraction of sp³-hybridized carbons (Fsp3) is 0.133. The maximum atomic E-state index is 12.6. The molecule has 0 spiro atoms.